The summed E-state index contributed by atoms with van der Waals surface area (Å²) in [6, 6.07) is 18.9. The van der Waals surface area contributed by atoms with Crippen molar-refractivity contribution in [1.82, 2.24) is 0 Å². The molecule has 0 bridgehead atoms. The van der Waals surface area contributed by atoms with E-state index < -0.39 is 8.38 Å². The Labute approximate surface area is 274 Å². The first-order chi connectivity index (χ1) is 20.6. The van der Waals surface area contributed by atoms with E-state index in [9.17, 15) is 4.79 Å². The third-order valence-corrected chi connectivity index (χ3v) is 9.31. The van der Waals surface area contributed by atoms with Crippen molar-refractivity contribution in [3.05, 3.63) is 94.6 Å². The summed E-state index contributed by atoms with van der Waals surface area (Å²) in [5, 5.41) is 0.943. The number of ether oxygens (including phenoxy) is 1. The van der Waals surface area contributed by atoms with E-state index >= 15 is 0 Å². The molecule has 244 valence electrons. The van der Waals surface area contributed by atoms with Gasteiger partial charge >= 0.3 is 14.3 Å². The minimum absolute atomic E-state index is 0.00236. The number of carbonyl (C=O) groups is 1. The van der Waals surface area contributed by atoms with Gasteiger partial charge in [0, 0.05) is 18.1 Å². The largest absolute Gasteiger partial charge is 0.435 e. The molecule has 0 saturated carbocycles. The highest BCUT2D eigenvalue weighted by Gasteiger charge is 2.31. The third-order valence-electron chi connectivity index (χ3n) is 7.75. The maximum Gasteiger partial charge on any atom is 0.326 e. The number of hydrogen-bond donors (Lipinski definition) is 0. The van der Waals surface area contributed by atoms with Crippen LogP contribution < -0.4 is 19.1 Å². The predicted molar refractivity (Wildman–Crippen MR) is 192 cm³/mol. The molecule has 4 nitrogen and oxygen atoms in total. The zero-order valence-electron chi connectivity index (χ0n) is 30.1. The van der Waals surface area contributed by atoms with Gasteiger partial charge in [0.25, 0.3) is 0 Å². The molecule has 5 heteroatoms. The molecule has 0 radical (unpaired) electrons. The fourth-order valence-electron chi connectivity index (χ4n) is 5.00. The molecule has 0 N–H and O–H groups in total. The first-order valence-electron chi connectivity index (χ1n) is 16.0. The van der Waals surface area contributed by atoms with E-state index in [1.807, 2.05) is 31.2 Å². The van der Waals surface area contributed by atoms with Gasteiger partial charge in [0.15, 0.2) is 0 Å². The van der Waals surface area contributed by atoms with Crippen LogP contribution in [0.2, 0.25) is 0 Å². The smallest absolute Gasteiger partial charge is 0.326 e. The number of hydrogen-bond acceptors (Lipinski definition) is 4. The minimum atomic E-state index is -1.65. The maximum absolute atomic E-state index is 11.8. The maximum atomic E-state index is 11.8. The Balaban J connectivity index is 2.28. The summed E-state index contributed by atoms with van der Waals surface area (Å²) in [4.78, 5) is 11.8. The van der Waals surface area contributed by atoms with E-state index in [1.54, 1.807) is 0 Å². The molecule has 0 saturated heterocycles. The van der Waals surface area contributed by atoms with Gasteiger partial charge in [-0.15, -0.1) is 0 Å². The highest BCUT2D eigenvalue weighted by Crippen LogP contribution is 2.48. The molecule has 0 unspecified atom stereocenters. The number of carbonyl (C=O) groups excluding carboxylic acids is 1. The van der Waals surface area contributed by atoms with Gasteiger partial charge in [-0.3, -0.25) is 4.79 Å². The third kappa shape index (κ3) is 9.69. The molecule has 3 rings (SSSR count). The van der Waals surface area contributed by atoms with E-state index in [1.165, 1.54) is 18.1 Å². The molecular formula is C40H55O4P. The summed E-state index contributed by atoms with van der Waals surface area (Å²) in [6.07, 6.45) is 4.77. The molecule has 0 spiro atoms. The first kappa shape index (κ1) is 36.4. The number of benzene rings is 3. The molecular weight excluding hydrogens is 575 g/mol. The van der Waals surface area contributed by atoms with Crippen molar-refractivity contribution >= 4 is 19.6 Å². The molecule has 0 fully saturated rings. The SMILES string of the molecule is CC=CCc1cc(OC(C)=O)ccc1P(Oc1ccc(C(C)(C)C)cc1C(C)(C)C)Oc1ccc(C(C)(C)C)cc1C(C)(C)C. The van der Waals surface area contributed by atoms with Crippen LogP contribution in [0.15, 0.2) is 66.7 Å². The summed E-state index contributed by atoms with van der Waals surface area (Å²) >= 11 is 0. The lowest BCUT2D eigenvalue weighted by molar-refractivity contribution is -0.131. The lowest BCUT2D eigenvalue weighted by atomic mass is 9.80. The van der Waals surface area contributed by atoms with Crippen molar-refractivity contribution in [3.8, 4) is 17.2 Å². The van der Waals surface area contributed by atoms with Crippen LogP contribution in [0.5, 0.6) is 17.2 Å². The zero-order valence-corrected chi connectivity index (χ0v) is 31.0. The quantitative estimate of drug-likeness (QED) is 0.108. The van der Waals surface area contributed by atoms with Gasteiger partial charge in [-0.1, -0.05) is 120 Å². The Bertz CT molecular complexity index is 1440. The molecule has 0 atom stereocenters. The number of rotatable bonds is 8. The molecule has 3 aromatic rings. The number of esters is 1. The van der Waals surface area contributed by atoms with E-state index in [0.717, 1.165) is 33.5 Å². The van der Waals surface area contributed by atoms with Gasteiger partial charge in [-0.05, 0) is 82.0 Å². The van der Waals surface area contributed by atoms with Gasteiger partial charge in [0.1, 0.15) is 17.2 Å². The average molecular weight is 631 g/mol. The van der Waals surface area contributed by atoms with E-state index in [4.69, 9.17) is 13.8 Å². The van der Waals surface area contributed by atoms with Crippen LogP contribution in [0.4, 0.5) is 0 Å². The summed E-state index contributed by atoms with van der Waals surface area (Å²) in [7, 11) is -1.65. The van der Waals surface area contributed by atoms with Crippen molar-refractivity contribution in [3.63, 3.8) is 0 Å². The molecule has 0 amide bonds. The second-order valence-corrected chi connectivity index (χ2v) is 17.4. The minimum Gasteiger partial charge on any atom is -0.435 e. The first-order valence-corrected chi connectivity index (χ1v) is 17.2. The lowest BCUT2D eigenvalue weighted by Gasteiger charge is -2.31. The average Bonchev–Trinajstić information content (AvgIpc) is 2.89. The van der Waals surface area contributed by atoms with Gasteiger partial charge < -0.3 is 13.8 Å². The summed E-state index contributed by atoms with van der Waals surface area (Å²) in [5.41, 5.74) is 5.48. The molecule has 3 aromatic carbocycles. The second-order valence-electron chi connectivity index (χ2n) is 16.0. The van der Waals surface area contributed by atoms with E-state index in [0.29, 0.717) is 12.2 Å². The summed E-state index contributed by atoms with van der Waals surface area (Å²) < 4.78 is 19.6. The Morgan fingerprint density at radius 3 is 1.51 bits per heavy atom. The monoisotopic (exact) mass is 630 g/mol. The number of allylic oxidation sites excluding steroid dienone is 2. The zero-order chi connectivity index (χ0) is 34.0. The summed E-state index contributed by atoms with van der Waals surface area (Å²) in [6.45, 7) is 30.2. The van der Waals surface area contributed by atoms with Crippen LogP contribution in [-0.2, 0) is 32.9 Å². The van der Waals surface area contributed by atoms with Gasteiger partial charge in [0.2, 0.25) is 0 Å². The van der Waals surface area contributed by atoms with Crippen LogP contribution in [0, 0.1) is 0 Å². The molecule has 0 aromatic heterocycles. The van der Waals surface area contributed by atoms with Crippen LogP contribution >= 0.6 is 8.38 Å². The van der Waals surface area contributed by atoms with Crippen LogP contribution in [-0.4, -0.2) is 5.97 Å². The molecule has 45 heavy (non-hydrogen) atoms. The van der Waals surface area contributed by atoms with Crippen molar-refractivity contribution in [2.75, 3.05) is 0 Å². The van der Waals surface area contributed by atoms with Crippen molar-refractivity contribution in [2.24, 2.45) is 0 Å². The van der Waals surface area contributed by atoms with Crippen molar-refractivity contribution in [2.45, 2.75) is 125 Å². The van der Waals surface area contributed by atoms with Gasteiger partial charge in [0.05, 0.1) is 5.30 Å². The van der Waals surface area contributed by atoms with Crippen LogP contribution in [0.25, 0.3) is 0 Å². The highest BCUT2D eigenvalue weighted by molar-refractivity contribution is 7.56. The van der Waals surface area contributed by atoms with Crippen LogP contribution in [0.3, 0.4) is 0 Å². The Hall–Kier alpha value is -3.10. The fourth-order valence-corrected chi connectivity index (χ4v) is 6.49. The standard InChI is InChI=1S/C40H55O4P/c1-15-16-17-28-24-31(42-27(2)41)20-23-36(28)45(43-34-21-18-29(37(3,4)5)25-32(34)39(9,10)11)44-35-22-19-30(38(6,7)8)26-33(35)40(12,13)14/h15-16,18-26H,17H2,1-14H3. The van der Waals surface area contributed by atoms with Crippen molar-refractivity contribution < 1.29 is 18.6 Å². The fraction of sp³-hybridized carbons (Fsp3) is 0.475. The van der Waals surface area contributed by atoms with Crippen LogP contribution in [0.1, 0.15) is 125 Å². The normalized spacial score (nSPS) is 13.0. The Morgan fingerprint density at radius 1 is 0.667 bits per heavy atom. The highest BCUT2D eigenvalue weighted by atomic mass is 31.2. The Kier molecular flexibility index (Phi) is 11.1. The molecule has 0 aliphatic rings. The predicted octanol–water partition coefficient (Wildman–Crippen LogP) is 11.0. The summed E-state index contributed by atoms with van der Waals surface area (Å²) in [5.74, 6) is 1.78. The van der Waals surface area contributed by atoms with E-state index in [-0.39, 0.29) is 27.6 Å². The molecule has 0 aliphatic heterocycles. The Morgan fingerprint density at radius 2 is 1.13 bits per heavy atom. The van der Waals surface area contributed by atoms with Crippen molar-refractivity contribution in [1.29, 1.82) is 0 Å². The van der Waals surface area contributed by atoms with Gasteiger partial charge in [-0.2, -0.15) is 0 Å². The second kappa shape index (κ2) is 13.7. The lowest BCUT2D eigenvalue weighted by Crippen LogP contribution is -2.21. The topological polar surface area (TPSA) is 44.8 Å². The molecule has 0 heterocycles. The van der Waals surface area contributed by atoms with E-state index in [2.05, 4.69) is 126 Å². The molecule has 0 aliphatic carbocycles. The van der Waals surface area contributed by atoms with Gasteiger partial charge in [-0.25, -0.2) is 0 Å².